The van der Waals surface area contributed by atoms with Crippen molar-refractivity contribution in [3.8, 4) is 0 Å². The van der Waals surface area contributed by atoms with Crippen LogP contribution in [0.4, 0.5) is 9.59 Å². The van der Waals surface area contributed by atoms with Crippen LogP contribution in [0, 0.1) is 103 Å². The van der Waals surface area contributed by atoms with Gasteiger partial charge in [-0.15, -0.1) is 11.3 Å². The molecule has 5 N–H and O–H groups in total. The number of ether oxygens (including phenoxy) is 4. The molecule has 1 amide bonds. The zero-order valence-electron chi connectivity index (χ0n) is 74.6. The Hall–Kier alpha value is -2.96. The molecule has 2 unspecified atom stereocenters. The van der Waals surface area contributed by atoms with Crippen LogP contribution in [-0.2, 0) is 28.5 Å². The van der Waals surface area contributed by atoms with Gasteiger partial charge < -0.3 is 44.7 Å². The smallest absolute Gasteiger partial charge is 0.450 e. The second-order valence-corrected chi connectivity index (χ2v) is 45.9. The number of thiazole rings is 1. The van der Waals surface area contributed by atoms with E-state index >= 15 is 0 Å². The van der Waals surface area contributed by atoms with Crippen molar-refractivity contribution >= 4 is 95.5 Å². The number of ketones is 1. The molecular weight excluding hydrogens is 1500 g/mol. The van der Waals surface area contributed by atoms with Crippen LogP contribution in [0.5, 0.6) is 0 Å². The summed E-state index contributed by atoms with van der Waals surface area (Å²) < 4.78 is 22.7. The summed E-state index contributed by atoms with van der Waals surface area (Å²) in [4.78, 5) is 63.5. The van der Waals surface area contributed by atoms with Gasteiger partial charge in [-0.1, -0.05) is 255 Å². The van der Waals surface area contributed by atoms with Crippen molar-refractivity contribution in [3.05, 3.63) is 70.4 Å². The van der Waals surface area contributed by atoms with Crippen LogP contribution in [0.2, 0.25) is 0 Å². The number of pyridine rings is 2. The van der Waals surface area contributed by atoms with Crippen LogP contribution < -0.4 is 5.32 Å². The first kappa shape index (κ1) is 105. The van der Waals surface area contributed by atoms with Crippen molar-refractivity contribution < 1.29 is 58.6 Å². The Bertz CT molecular complexity index is 3160. The first-order valence-corrected chi connectivity index (χ1v) is 45.7. The quantitative estimate of drug-likeness (QED) is 0.0246. The molecule has 0 spiro atoms. The number of aliphatic hydroxyl groups excluding tert-OH is 4. The molecule has 3 aromatic rings. The highest BCUT2D eigenvalue weighted by molar-refractivity contribution is 8.77. The highest BCUT2D eigenvalue weighted by atomic mass is 35.5. The molecule has 2 aliphatic rings. The Kier molecular flexibility index (Phi) is 43.1. The lowest BCUT2D eigenvalue weighted by Crippen LogP contribution is -2.52. The molecule has 22 heteroatoms. The predicted molar refractivity (Wildman–Crippen MR) is 468 cm³/mol. The second kappa shape index (κ2) is 45.1. The molecule has 13 atom stereocenters. The zero-order chi connectivity index (χ0) is 85.5. The van der Waals surface area contributed by atoms with Gasteiger partial charge in [0.1, 0.15) is 34.6 Å². The first-order valence-electron chi connectivity index (χ1n) is 39.8. The number of epoxide rings is 1. The number of hydrogen-bond donors (Lipinski definition) is 5. The average Bonchev–Trinajstić information content (AvgIpc) is 1.52. The largest absolute Gasteiger partial charge is 0.508 e. The molecule has 2 fully saturated rings. The van der Waals surface area contributed by atoms with Gasteiger partial charge in [0.2, 0.25) is 5.91 Å². The Morgan fingerprint density at radius 2 is 1.10 bits per heavy atom. The number of aliphatic hydroxyl groups is 4. The number of rotatable bonds is 19. The minimum Gasteiger partial charge on any atom is -0.450 e. The SMILES string of the molecule is C/C(=C\c1csc(C)n1)C1CC2O[C@]2(C)CCCC(C)(C)[C@H](C)[C@H](O)[C@@H](C)C(C)(C)C(=O)C(C)(C)[C@@H](O)CC(=O)N1.C[C@H](C(O)[C@@H](C)C(C)(C)C)C(C)(C)C.C[C@H](C(OC(=O)Cl)[C@@H](C)C(C)(C)C)C(C)(C)C.C[C@H](C(OC(=O)OCCSSc1ccccn1)[C@@H](C)C(C)(C)C)C(C)(C)C.OCCSSc1ccccn1. The van der Waals surface area contributed by atoms with Crippen molar-refractivity contribution in [1.82, 2.24) is 20.3 Å². The normalized spacial score (nSPS) is 23.3. The molecule has 3 aromatic heterocycles. The molecular formula is C88H153ClN4O12S5. The number of amides is 1. The molecule has 16 nitrogen and oxygen atoms in total. The molecule has 110 heavy (non-hydrogen) atoms. The highest BCUT2D eigenvalue weighted by Gasteiger charge is 2.54. The van der Waals surface area contributed by atoms with Gasteiger partial charge in [-0.05, 0) is 183 Å². The molecule has 5 rings (SSSR count). The molecule has 634 valence electrons. The van der Waals surface area contributed by atoms with E-state index in [9.17, 15) is 34.5 Å². The van der Waals surface area contributed by atoms with Crippen LogP contribution in [0.25, 0.3) is 6.08 Å². The van der Waals surface area contributed by atoms with Gasteiger partial charge in [-0.2, -0.15) is 0 Å². The Morgan fingerprint density at radius 1 is 0.664 bits per heavy atom. The summed E-state index contributed by atoms with van der Waals surface area (Å²) in [6.45, 7) is 74.2. The number of carbonyl (C=O) groups excluding carboxylic acids is 4. The third kappa shape index (κ3) is 35.9. The lowest BCUT2D eigenvalue weighted by Gasteiger charge is -2.45. The van der Waals surface area contributed by atoms with E-state index in [2.05, 4.69) is 214 Å². The fraction of sp³-hybridized carbons (Fsp3) is 0.784. The lowest BCUT2D eigenvalue weighted by molar-refractivity contribution is -0.150. The number of Topliss-reactive ketones (excluding diaryl/α,β-unsaturated/α-hetero) is 1. The Balaban J connectivity index is 0.000000752. The Morgan fingerprint density at radius 3 is 1.49 bits per heavy atom. The van der Waals surface area contributed by atoms with Crippen LogP contribution in [0.1, 0.15) is 278 Å². The standard InChI is InChI=1S/C33H54N2O5S.C21H35NO3S2.C14H27ClO2.C13H28O.C7H9NOS2/c1-19(15-23-18-41-22(4)34-23)24-16-26-33(11,40-26)14-12-13-30(5,6)20(2)28(38)21(3)31(7,8)29(39)32(9,10)25(36)17-27(37)35-24;1-15(20(3,4)5)18(16(2)21(6,7)8)25-19(23)24-13-14-26-27-17-11-9-10-12-22-17;1-9(13(3,4)5)11(17-12(15)16)10(2)14(6,7)8;1-9(12(3,4)5)11(14)10(2)13(6,7)8;9-5-6-10-11-7-3-1-2-4-8-7/h15,18,20-21,24-26,28,36,38H,12-14,16-17H2,1-11H3,(H,35,37);9-12,15-16,18H,13-14H2,1-8H3;9-11H,1-8H3;9-11,14H,1-8H3;1-4,9H,5-6H2/b19-15+;;;;/t20-,21-,24?,25+,26?,28+,33-;15-,16-;2*9-,10-;/m1111./s1. The van der Waals surface area contributed by atoms with Gasteiger partial charge in [0.15, 0.2) is 0 Å². The van der Waals surface area contributed by atoms with E-state index < -0.39 is 34.6 Å². The maximum atomic E-state index is 14.0. The molecule has 0 aliphatic carbocycles. The van der Waals surface area contributed by atoms with Crippen LogP contribution in [0.15, 0.2) is 69.8 Å². The second-order valence-electron chi connectivity index (χ2n) is 39.6. The van der Waals surface area contributed by atoms with E-state index in [1.807, 2.05) is 82.5 Å². The number of fused-ring (bicyclic) bond motifs is 1. The molecule has 0 saturated carbocycles. The van der Waals surface area contributed by atoms with Crippen LogP contribution >= 0.6 is 66.1 Å². The summed E-state index contributed by atoms with van der Waals surface area (Å²) in [6.07, 6.45) is 5.73. The molecule has 0 aromatic carbocycles. The molecule has 2 saturated heterocycles. The monoisotopic (exact) mass is 1650 g/mol. The highest BCUT2D eigenvalue weighted by Crippen LogP contribution is 2.49. The van der Waals surface area contributed by atoms with Crippen molar-refractivity contribution in [1.29, 1.82) is 0 Å². The van der Waals surface area contributed by atoms with Gasteiger partial charge in [-0.3, -0.25) is 9.59 Å². The van der Waals surface area contributed by atoms with Gasteiger partial charge in [-0.25, -0.2) is 24.5 Å². The molecule has 2 aliphatic heterocycles. The summed E-state index contributed by atoms with van der Waals surface area (Å²) in [5, 5.41) is 49.6. The van der Waals surface area contributed by atoms with E-state index in [1.165, 1.54) is 0 Å². The number of aryl methyl sites for hydroxylation is 1. The van der Waals surface area contributed by atoms with Crippen molar-refractivity contribution in [2.24, 2.45) is 96.1 Å². The predicted octanol–water partition coefficient (Wildman–Crippen LogP) is 23.4. The van der Waals surface area contributed by atoms with Gasteiger partial charge in [0.05, 0.1) is 65.2 Å². The summed E-state index contributed by atoms with van der Waals surface area (Å²) in [5.41, 5.74) is -0.768. The van der Waals surface area contributed by atoms with Crippen LogP contribution in [-0.4, -0.2) is 132 Å². The third-order valence-electron chi connectivity index (χ3n) is 24.4. The lowest BCUT2D eigenvalue weighted by atomic mass is 9.60. The van der Waals surface area contributed by atoms with Crippen LogP contribution in [0.3, 0.4) is 0 Å². The van der Waals surface area contributed by atoms with E-state index in [-0.39, 0.29) is 134 Å². The third-order valence-corrected chi connectivity index (χ3v) is 29.8. The minimum absolute atomic E-state index is 0.00194. The zero-order valence-corrected chi connectivity index (χ0v) is 79.5. The first-order chi connectivity index (χ1) is 49.9. The summed E-state index contributed by atoms with van der Waals surface area (Å²) in [6, 6.07) is 11.3. The number of carbonyl (C=O) groups is 4. The molecule has 0 bridgehead atoms. The fourth-order valence-corrected chi connectivity index (χ4v) is 16.7. The fourth-order valence-electron chi connectivity index (χ4n) is 12.6. The summed E-state index contributed by atoms with van der Waals surface area (Å²) in [7, 11) is 6.39. The van der Waals surface area contributed by atoms with E-state index in [0.717, 1.165) is 51.3 Å². The average molecular weight is 1650 g/mol. The van der Waals surface area contributed by atoms with Gasteiger partial charge >= 0.3 is 11.6 Å². The van der Waals surface area contributed by atoms with Gasteiger partial charge in [0, 0.05) is 52.7 Å². The Labute approximate surface area is 693 Å². The van der Waals surface area contributed by atoms with Crippen molar-refractivity contribution in [3.63, 3.8) is 0 Å². The van der Waals surface area contributed by atoms with Gasteiger partial charge in [0.25, 0.3) is 0 Å². The van der Waals surface area contributed by atoms with Crippen molar-refractivity contribution in [2.45, 2.75) is 333 Å². The molecule has 5 heterocycles. The molecule has 0 radical (unpaired) electrons. The van der Waals surface area contributed by atoms with Crippen molar-refractivity contribution in [2.75, 3.05) is 24.7 Å². The van der Waals surface area contributed by atoms with E-state index in [1.54, 1.807) is 80.8 Å². The summed E-state index contributed by atoms with van der Waals surface area (Å²) in [5.74, 6) is 2.17. The number of halogens is 1. The number of aromatic nitrogens is 3. The maximum Gasteiger partial charge on any atom is 0.508 e. The summed E-state index contributed by atoms with van der Waals surface area (Å²) >= 11 is 6.98. The number of nitrogens with one attached hydrogen (secondary N) is 1. The number of nitrogens with zero attached hydrogens (tertiary/aromatic N) is 3. The topological polar surface area (TPSA) is 240 Å². The minimum atomic E-state index is -1.18. The van der Waals surface area contributed by atoms with E-state index in [0.29, 0.717) is 30.6 Å². The van der Waals surface area contributed by atoms with E-state index in [4.69, 9.17) is 35.7 Å². The maximum absolute atomic E-state index is 14.0. The number of hydrogen-bond acceptors (Lipinski definition) is 20.